The molecule has 2 N–H and O–H groups in total. The average molecular weight is 297 g/mol. The maximum absolute atomic E-state index is 13.3. The molecule has 5 heteroatoms. The first-order valence-electron chi connectivity index (χ1n) is 6.45. The van der Waals surface area contributed by atoms with Gasteiger partial charge < -0.3 is 10.2 Å². The molecule has 0 saturated heterocycles. The van der Waals surface area contributed by atoms with Crippen molar-refractivity contribution in [1.82, 2.24) is 0 Å². The number of halogens is 2. The molecule has 0 aliphatic carbocycles. The third kappa shape index (κ3) is 3.41. The van der Waals surface area contributed by atoms with Gasteiger partial charge in [0.05, 0.1) is 5.25 Å². The molecule has 0 aliphatic rings. The van der Waals surface area contributed by atoms with Gasteiger partial charge in [-0.3, -0.25) is 0 Å². The number of aryl methyl sites for hydroxylation is 1. The molecule has 0 fully saturated rings. The van der Waals surface area contributed by atoms with E-state index in [1.54, 1.807) is 6.07 Å². The number of thioether (sulfide) groups is 1. The molecule has 0 spiro atoms. The fourth-order valence-corrected chi connectivity index (χ4v) is 3.10. The first kappa shape index (κ1) is 15.1. The van der Waals surface area contributed by atoms with Crippen LogP contribution in [0.25, 0.3) is 0 Å². The van der Waals surface area contributed by atoms with Gasteiger partial charge >= 0.3 is 0 Å². The minimum atomic E-state index is -0.852. The van der Waals surface area contributed by atoms with E-state index >= 15 is 0 Å². The Morgan fingerprint density at radius 2 is 1.95 bits per heavy atom. The molecule has 2 unspecified atom stereocenters. The van der Waals surface area contributed by atoms with Gasteiger partial charge in [0, 0.05) is 10.9 Å². The van der Waals surface area contributed by atoms with Crippen LogP contribution in [0.2, 0.25) is 0 Å². The second-order valence-corrected chi connectivity index (χ2v) is 5.85. The second-order valence-electron chi connectivity index (χ2n) is 4.63. The van der Waals surface area contributed by atoms with Crippen LogP contribution in [-0.4, -0.2) is 6.04 Å². The van der Waals surface area contributed by atoms with E-state index in [-0.39, 0.29) is 11.3 Å². The van der Waals surface area contributed by atoms with Gasteiger partial charge in [-0.25, -0.2) is 8.78 Å². The quantitative estimate of drug-likeness (QED) is 0.829. The van der Waals surface area contributed by atoms with E-state index in [1.807, 2.05) is 26.0 Å². The molecule has 2 nitrogen and oxygen atoms in total. The van der Waals surface area contributed by atoms with Gasteiger partial charge in [-0.05, 0) is 43.7 Å². The van der Waals surface area contributed by atoms with Gasteiger partial charge in [-0.1, -0.05) is 6.92 Å². The van der Waals surface area contributed by atoms with E-state index in [9.17, 15) is 8.78 Å². The van der Waals surface area contributed by atoms with Crippen molar-refractivity contribution in [3.8, 4) is 0 Å². The highest BCUT2D eigenvalue weighted by molar-refractivity contribution is 7.99. The monoisotopic (exact) mass is 297 g/mol. The Morgan fingerprint density at radius 3 is 2.50 bits per heavy atom. The number of hydrogen-bond acceptors (Lipinski definition) is 3. The summed E-state index contributed by atoms with van der Waals surface area (Å²) in [5, 5.41) is -0.126. The van der Waals surface area contributed by atoms with Crippen LogP contribution in [0.5, 0.6) is 0 Å². The third-order valence-electron chi connectivity index (χ3n) is 3.06. The molecule has 1 aromatic heterocycles. The molecule has 1 aromatic carbocycles. The fraction of sp³-hybridized carbons (Fsp3) is 0.333. The fourth-order valence-electron chi connectivity index (χ4n) is 1.87. The van der Waals surface area contributed by atoms with Crippen molar-refractivity contribution in [3.05, 3.63) is 53.5 Å². The molecule has 2 rings (SSSR count). The highest BCUT2D eigenvalue weighted by Gasteiger charge is 2.23. The van der Waals surface area contributed by atoms with Gasteiger partial charge in [0.15, 0.2) is 11.6 Å². The summed E-state index contributed by atoms with van der Waals surface area (Å²) in [6, 6.07) is 7.48. The van der Waals surface area contributed by atoms with Gasteiger partial charge in [0.2, 0.25) is 0 Å². The van der Waals surface area contributed by atoms with Crippen LogP contribution >= 0.6 is 11.8 Å². The Morgan fingerprint density at radius 1 is 1.20 bits per heavy atom. The van der Waals surface area contributed by atoms with E-state index in [0.717, 1.165) is 24.0 Å². The van der Waals surface area contributed by atoms with Crippen molar-refractivity contribution in [2.75, 3.05) is 0 Å². The van der Waals surface area contributed by atoms with Gasteiger partial charge in [0.25, 0.3) is 0 Å². The summed E-state index contributed by atoms with van der Waals surface area (Å²) in [5.41, 5.74) is 6.13. The molecule has 2 aromatic rings. The minimum Gasteiger partial charge on any atom is -0.465 e. The van der Waals surface area contributed by atoms with E-state index < -0.39 is 11.6 Å². The zero-order valence-electron chi connectivity index (χ0n) is 11.4. The molecule has 1 heterocycles. The number of hydrogen-bond donors (Lipinski definition) is 1. The number of nitrogens with two attached hydrogens (primary N) is 1. The normalized spacial score (nSPS) is 14.2. The predicted molar refractivity (Wildman–Crippen MR) is 76.7 cm³/mol. The molecule has 0 aliphatic heterocycles. The van der Waals surface area contributed by atoms with E-state index in [4.69, 9.17) is 10.2 Å². The summed E-state index contributed by atoms with van der Waals surface area (Å²) in [7, 11) is 0. The largest absolute Gasteiger partial charge is 0.465 e. The van der Waals surface area contributed by atoms with Gasteiger partial charge in [0.1, 0.15) is 11.5 Å². The van der Waals surface area contributed by atoms with Crippen LogP contribution < -0.4 is 5.73 Å². The van der Waals surface area contributed by atoms with Crippen molar-refractivity contribution in [2.24, 2.45) is 5.73 Å². The van der Waals surface area contributed by atoms with Crippen LogP contribution in [0.4, 0.5) is 8.78 Å². The summed E-state index contributed by atoms with van der Waals surface area (Å²) in [6.07, 6.45) is 0.765. The van der Waals surface area contributed by atoms with Crippen LogP contribution in [-0.2, 0) is 0 Å². The van der Waals surface area contributed by atoms with Crippen molar-refractivity contribution in [2.45, 2.75) is 36.5 Å². The van der Waals surface area contributed by atoms with Crippen molar-refractivity contribution in [3.63, 3.8) is 0 Å². The topological polar surface area (TPSA) is 39.2 Å². The molecule has 0 radical (unpaired) electrons. The standard InChI is InChI=1S/C15H17F2NOS/c1-3-13(18)15(14-7-4-9(2)19-14)20-10-5-6-11(16)12(17)8-10/h4-8,13,15H,3,18H2,1-2H3. The first-order chi connectivity index (χ1) is 9.51. The summed E-state index contributed by atoms with van der Waals surface area (Å²) in [5.74, 6) is -0.139. The predicted octanol–water partition coefficient (Wildman–Crippen LogP) is 4.44. The maximum Gasteiger partial charge on any atom is 0.159 e. The molecule has 0 saturated carbocycles. The average Bonchev–Trinajstić information content (AvgIpc) is 2.85. The minimum absolute atomic E-state index is 0.126. The smallest absolute Gasteiger partial charge is 0.159 e. The summed E-state index contributed by atoms with van der Waals surface area (Å²) in [4.78, 5) is 0.631. The van der Waals surface area contributed by atoms with Gasteiger partial charge in [-0.2, -0.15) is 0 Å². The van der Waals surface area contributed by atoms with Crippen molar-refractivity contribution >= 4 is 11.8 Å². The van der Waals surface area contributed by atoms with Crippen molar-refractivity contribution < 1.29 is 13.2 Å². The maximum atomic E-state index is 13.3. The highest BCUT2D eigenvalue weighted by Crippen LogP contribution is 2.39. The molecular formula is C15H17F2NOS. The second kappa shape index (κ2) is 6.41. The molecule has 0 amide bonds. The Bertz CT molecular complexity index is 585. The molecule has 2 atom stereocenters. The van der Waals surface area contributed by atoms with Crippen LogP contribution in [0.1, 0.15) is 30.1 Å². The lowest BCUT2D eigenvalue weighted by Gasteiger charge is -2.20. The lowest BCUT2D eigenvalue weighted by molar-refractivity contribution is 0.454. The molecular weight excluding hydrogens is 280 g/mol. The summed E-state index contributed by atoms with van der Waals surface area (Å²) >= 11 is 1.39. The van der Waals surface area contributed by atoms with Crippen molar-refractivity contribution in [1.29, 1.82) is 0 Å². The summed E-state index contributed by atoms with van der Waals surface area (Å²) in [6.45, 7) is 3.85. The van der Waals surface area contributed by atoms with E-state index in [1.165, 1.54) is 17.8 Å². The number of benzene rings is 1. The lowest BCUT2D eigenvalue weighted by atomic mass is 10.1. The highest BCUT2D eigenvalue weighted by atomic mass is 32.2. The van der Waals surface area contributed by atoms with Gasteiger partial charge in [-0.15, -0.1) is 11.8 Å². The Hall–Kier alpha value is -1.33. The Balaban J connectivity index is 2.25. The lowest BCUT2D eigenvalue weighted by Crippen LogP contribution is -2.25. The van der Waals surface area contributed by atoms with E-state index in [2.05, 4.69) is 0 Å². The zero-order chi connectivity index (χ0) is 14.7. The Labute approximate surface area is 121 Å². The van der Waals surface area contributed by atoms with Crippen LogP contribution in [0.3, 0.4) is 0 Å². The number of rotatable bonds is 5. The van der Waals surface area contributed by atoms with Crippen LogP contribution in [0.15, 0.2) is 39.6 Å². The molecule has 20 heavy (non-hydrogen) atoms. The van der Waals surface area contributed by atoms with E-state index in [0.29, 0.717) is 4.90 Å². The number of furan rings is 1. The Kier molecular flexibility index (Phi) is 4.83. The van der Waals surface area contributed by atoms with Crippen LogP contribution in [0, 0.1) is 18.6 Å². The zero-order valence-corrected chi connectivity index (χ0v) is 12.2. The summed E-state index contributed by atoms with van der Waals surface area (Å²) < 4.78 is 31.9. The molecule has 0 bridgehead atoms. The first-order valence-corrected chi connectivity index (χ1v) is 7.33. The SMILES string of the molecule is CCC(N)C(Sc1ccc(F)c(F)c1)c1ccc(C)o1. The molecule has 108 valence electrons. The third-order valence-corrected chi connectivity index (χ3v) is 4.42.